The van der Waals surface area contributed by atoms with Gasteiger partial charge < -0.3 is 10.2 Å². The summed E-state index contributed by atoms with van der Waals surface area (Å²) in [6.07, 6.45) is 2.55. The van der Waals surface area contributed by atoms with E-state index >= 15 is 0 Å². The van der Waals surface area contributed by atoms with Crippen molar-refractivity contribution in [3.63, 3.8) is 0 Å². The van der Waals surface area contributed by atoms with Crippen LogP contribution in [0.25, 0.3) is 0 Å². The summed E-state index contributed by atoms with van der Waals surface area (Å²) in [4.78, 5) is 13.8. The lowest BCUT2D eigenvalue weighted by atomic mass is 10.1. The zero-order chi connectivity index (χ0) is 11.1. The Bertz CT molecular complexity index is 199. The van der Waals surface area contributed by atoms with Gasteiger partial charge in [-0.25, -0.2) is 0 Å². The third-order valence-corrected chi connectivity index (χ3v) is 3.21. The van der Waals surface area contributed by atoms with Gasteiger partial charge in [0.05, 0.1) is 0 Å². The quantitative estimate of drug-likeness (QED) is 0.704. The summed E-state index contributed by atoms with van der Waals surface area (Å²) in [6, 6.07) is 0. The number of alkyl halides is 1. The predicted octanol–water partition coefficient (Wildman–Crippen LogP) is 1.46. The molecule has 1 unspecified atom stereocenters. The van der Waals surface area contributed by atoms with E-state index in [1.165, 1.54) is 13.0 Å². The topological polar surface area (TPSA) is 32.3 Å². The molecule has 4 heteroatoms. The number of carbonyl (C=O) groups is 1. The van der Waals surface area contributed by atoms with E-state index in [9.17, 15) is 4.79 Å². The summed E-state index contributed by atoms with van der Waals surface area (Å²) >= 11 is 5.52. The molecule has 1 fully saturated rings. The molecule has 1 amide bonds. The van der Waals surface area contributed by atoms with Crippen LogP contribution in [0.1, 0.15) is 26.2 Å². The highest BCUT2D eigenvalue weighted by Crippen LogP contribution is 2.14. The third-order valence-electron chi connectivity index (χ3n) is 2.94. The summed E-state index contributed by atoms with van der Waals surface area (Å²) in [5, 5.41) is 2.98. The smallest absolute Gasteiger partial charge is 0.220 e. The first kappa shape index (κ1) is 12.8. The van der Waals surface area contributed by atoms with E-state index in [1.54, 1.807) is 0 Å². The van der Waals surface area contributed by atoms with Crippen LogP contribution >= 0.6 is 11.6 Å². The molecule has 0 spiro atoms. The Balaban J connectivity index is 2.07. The van der Waals surface area contributed by atoms with Crippen LogP contribution in [0.4, 0.5) is 0 Å². The van der Waals surface area contributed by atoms with Gasteiger partial charge in [0.25, 0.3) is 0 Å². The molecule has 1 rings (SSSR count). The molecular formula is C11H21ClN2O. The maximum absolute atomic E-state index is 11.3. The van der Waals surface area contributed by atoms with Crippen molar-refractivity contribution in [1.82, 2.24) is 10.2 Å². The van der Waals surface area contributed by atoms with E-state index in [2.05, 4.69) is 17.1 Å². The van der Waals surface area contributed by atoms with Gasteiger partial charge in [0, 0.05) is 25.4 Å². The zero-order valence-electron chi connectivity index (χ0n) is 9.47. The second-order valence-corrected chi connectivity index (χ2v) is 4.52. The summed E-state index contributed by atoms with van der Waals surface area (Å²) < 4.78 is 0. The van der Waals surface area contributed by atoms with Crippen LogP contribution in [-0.2, 0) is 4.79 Å². The molecule has 1 aliphatic rings. The molecular weight excluding hydrogens is 212 g/mol. The minimum atomic E-state index is 0.144. The maximum atomic E-state index is 11.3. The van der Waals surface area contributed by atoms with E-state index in [1.807, 2.05) is 0 Å². The summed E-state index contributed by atoms with van der Waals surface area (Å²) in [5.41, 5.74) is 0. The Kier molecular flexibility index (Phi) is 6.03. The highest BCUT2D eigenvalue weighted by Gasteiger charge is 2.21. The number of nitrogens with one attached hydrogen (secondary N) is 1. The van der Waals surface area contributed by atoms with Gasteiger partial charge in [-0.05, 0) is 31.8 Å². The standard InChI is InChI=1S/C11H21ClN2O/c1-2-14-7-5-10(9-14)8-13-11(15)4-3-6-12/h10H,2-9H2,1H3,(H,13,15). The van der Waals surface area contributed by atoms with Crippen LogP contribution in [0.15, 0.2) is 0 Å². The van der Waals surface area contributed by atoms with Crippen LogP contribution < -0.4 is 5.32 Å². The molecule has 0 radical (unpaired) electrons. The lowest BCUT2D eigenvalue weighted by Crippen LogP contribution is -2.30. The van der Waals surface area contributed by atoms with E-state index in [0.29, 0.717) is 18.2 Å². The van der Waals surface area contributed by atoms with Gasteiger partial charge in [-0.2, -0.15) is 0 Å². The van der Waals surface area contributed by atoms with Gasteiger partial charge in [-0.15, -0.1) is 11.6 Å². The molecule has 1 heterocycles. The molecule has 0 bridgehead atoms. The fraction of sp³-hybridized carbons (Fsp3) is 0.909. The monoisotopic (exact) mass is 232 g/mol. The van der Waals surface area contributed by atoms with E-state index < -0.39 is 0 Å². The van der Waals surface area contributed by atoms with Gasteiger partial charge in [0.2, 0.25) is 5.91 Å². The van der Waals surface area contributed by atoms with Crippen molar-refractivity contribution in [3.8, 4) is 0 Å². The molecule has 1 atom stereocenters. The molecule has 1 saturated heterocycles. The number of nitrogens with zero attached hydrogens (tertiary/aromatic N) is 1. The van der Waals surface area contributed by atoms with Crippen LogP contribution in [-0.4, -0.2) is 42.9 Å². The van der Waals surface area contributed by atoms with Crippen molar-refractivity contribution in [2.45, 2.75) is 26.2 Å². The average Bonchev–Trinajstić information content (AvgIpc) is 2.71. The number of hydrogen-bond acceptors (Lipinski definition) is 2. The van der Waals surface area contributed by atoms with Gasteiger partial charge in [-0.1, -0.05) is 6.92 Å². The number of hydrogen-bond donors (Lipinski definition) is 1. The molecule has 1 aliphatic heterocycles. The number of carbonyl (C=O) groups excluding carboxylic acids is 1. The number of halogens is 1. The van der Waals surface area contributed by atoms with Gasteiger partial charge in [0.1, 0.15) is 0 Å². The second-order valence-electron chi connectivity index (χ2n) is 4.14. The van der Waals surface area contributed by atoms with E-state index in [-0.39, 0.29) is 5.91 Å². The molecule has 0 aromatic carbocycles. The zero-order valence-corrected chi connectivity index (χ0v) is 10.2. The second kappa shape index (κ2) is 7.07. The first-order chi connectivity index (χ1) is 7.26. The predicted molar refractivity (Wildman–Crippen MR) is 63.2 cm³/mol. The van der Waals surface area contributed by atoms with Crippen molar-refractivity contribution in [2.24, 2.45) is 5.92 Å². The fourth-order valence-electron chi connectivity index (χ4n) is 1.94. The van der Waals surface area contributed by atoms with E-state index in [4.69, 9.17) is 11.6 Å². The largest absolute Gasteiger partial charge is 0.356 e. The van der Waals surface area contributed by atoms with Crippen molar-refractivity contribution in [1.29, 1.82) is 0 Å². The van der Waals surface area contributed by atoms with Crippen LogP contribution in [0.3, 0.4) is 0 Å². The van der Waals surface area contributed by atoms with E-state index in [0.717, 1.165) is 26.1 Å². The van der Waals surface area contributed by atoms with Crippen LogP contribution in [0.5, 0.6) is 0 Å². The summed E-state index contributed by atoms with van der Waals surface area (Å²) in [5.74, 6) is 1.36. The van der Waals surface area contributed by atoms with Crippen LogP contribution in [0, 0.1) is 5.92 Å². The minimum Gasteiger partial charge on any atom is -0.356 e. The molecule has 3 nitrogen and oxygen atoms in total. The Labute approximate surface area is 97.2 Å². The molecule has 0 aromatic rings. The Morgan fingerprint density at radius 1 is 1.60 bits per heavy atom. The minimum absolute atomic E-state index is 0.144. The van der Waals surface area contributed by atoms with Crippen LogP contribution in [0.2, 0.25) is 0 Å². The number of amides is 1. The first-order valence-electron chi connectivity index (χ1n) is 5.81. The molecule has 0 saturated carbocycles. The highest BCUT2D eigenvalue weighted by molar-refractivity contribution is 6.17. The van der Waals surface area contributed by atoms with Gasteiger partial charge >= 0.3 is 0 Å². The molecule has 0 aliphatic carbocycles. The Morgan fingerprint density at radius 2 is 2.40 bits per heavy atom. The SMILES string of the molecule is CCN1CCC(CNC(=O)CCCCl)C1. The molecule has 1 N–H and O–H groups in total. The van der Waals surface area contributed by atoms with Crippen molar-refractivity contribution in [2.75, 3.05) is 32.1 Å². The number of likely N-dealkylation sites (tertiary alicyclic amines) is 1. The van der Waals surface area contributed by atoms with Crippen molar-refractivity contribution < 1.29 is 4.79 Å². The Morgan fingerprint density at radius 3 is 3.00 bits per heavy atom. The maximum Gasteiger partial charge on any atom is 0.220 e. The molecule has 15 heavy (non-hydrogen) atoms. The summed E-state index contributed by atoms with van der Waals surface area (Å²) in [7, 11) is 0. The third kappa shape index (κ3) is 4.85. The first-order valence-corrected chi connectivity index (χ1v) is 6.34. The normalized spacial score (nSPS) is 21.9. The van der Waals surface area contributed by atoms with Crippen molar-refractivity contribution >= 4 is 17.5 Å². The van der Waals surface area contributed by atoms with Gasteiger partial charge in [-0.3, -0.25) is 4.79 Å². The molecule has 0 aromatic heterocycles. The average molecular weight is 233 g/mol. The summed E-state index contributed by atoms with van der Waals surface area (Å²) in [6.45, 7) is 6.45. The highest BCUT2D eigenvalue weighted by atomic mass is 35.5. The van der Waals surface area contributed by atoms with Crippen molar-refractivity contribution in [3.05, 3.63) is 0 Å². The van der Waals surface area contributed by atoms with Gasteiger partial charge in [0.15, 0.2) is 0 Å². The fourth-order valence-corrected chi connectivity index (χ4v) is 2.07. The number of rotatable bonds is 6. The lowest BCUT2D eigenvalue weighted by Gasteiger charge is -2.13. The molecule has 88 valence electrons. The Hall–Kier alpha value is -0.280. The lowest BCUT2D eigenvalue weighted by molar-refractivity contribution is -0.121.